The maximum atomic E-state index is 13.7. The van der Waals surface area contributed by atoms with Gasteiger partial charge < -0.3 is 19.5 Å². The van der Waals surface area contributed by atoms with Gasteiger partial charge >= 0.3 is 5.76 Å². The molecule has 1 amide bonds. The monoisotopic (exact) mass is 420 g/mol. The number of anilines is 1. The van der Waals surface area contributed by atoms with Gasteiger partial charge in [0.25, 0.3) is 0 Å². The first-order chi connectivity index (χ1) is 13.9. The highest BCUT2D eigenvalue weighted by Gasteiger charge is 2.21. The Labute approximate surface area is 172 Å². The number of hydrogen-bond donors (Lipinski definition) is 2. The Morgan fingerprint density at radius 2 is 2.10 bits per heavy atom. The minimum atomic E-state index is -0.535. The summed E-state index contributed by atoms with van der Waals surface area (Å²) in [4.78, 5) is 30.0. The van der Waals surface area contributed by atoms with Gasteiger partial charge in [-0.15, -0.1) is 0 Å². The van der Waals surface area contributed by atoms with E-state index in [1.165, 1.54) is 12.1 Å². The van der Waals surface area contributed by atoms with Gasteiger partial charge in [0.2, 0.25) is 5.91 Å². The van der Waals surface area contributed by atoms with Gasteiger partial charge in [0.1, 0.15) is 5.82 Å². The van der Waals surface area contributed by atoms with Gasteiger partial charge in [-0.1, -0.05) is 18.2 Å². The molecule has 1 fully saturated rings. The van der Waals surface area contributed by atoms with Crippen LogP contribution in [0.3, 0.4) is 0 Å². The second-order valence-corrected chi connectivity index (χ2v) is 7.03. The first-order valence-electron chi connectivity index (χ1n) is 9.13. The zero-order valence-electron chi connectivity index (χ0n) is 16.0. The largest absolute Gasteiger partial charge is 0.417 e. The van der Waals surface area contributed by atoms with Crippen LogP contribution in [0.25, 0.3) is 6.08 Å². The SMILES string of the molecule is C=C/C(=C\c1oc(=O)[nH]c1C)NCC(=O)N1CCN(c2ccc(Cl)c(F)c2)CC1. The summed E-state index contributed by atoms with van der Waals surface area (Å²) in [6, 6.07) is 4.71. The average molecular weight is 421 g/mol. The predicted molar refractivity (Wildman–Crippen MR) is 110 cm³/mol. The summed E-state index contributed by atoms with van der Waals surface area (Å²) >= 11 is 5.73. The molecule has 0 bridgehead atoms. The lowest BCUT2D eigenvalue weighted by molar-refractivity contribution is -0.130. The number of halogens is 2. The zero-order chi connectivity index (χ0) is 21.0. The van der Waals surface area contributed by atoms with Crippen LogP contribution in [0.2, 0.25) is 5.02 Å². The molecule has 1 aromatic carbocycles. The third-order valence-electron chi connectivity index (χ3n) is 4.71. The standard InChI is InChI=1S/C20H22ClFN4O3/c1-3-14(10-18-13(2)24-20(28)29-18)23-12-19(27)26-8-6-25(7-9-26)15-4-5-16(21)17(22)11-15/h3-5,10-11,23H,1,6-9,12H2,2H3,(H,24,28)/b14-10+. The molecule has 1 aliphatic heterocycles. The molecular formula is C20H22ClFN4O3. The van der Waals surface area contributed by atoms with E-state index >= 15 is 0 Å². The summed E-state index contributed by atoms with van der Waals surface area (Å²) in [6.07, 6.45) is 3.16. The van der Waals surface area contributed by atoms with Crippen LogP contribution in [-0.4, -0.2) is 48.5 Å². The number of oxazole rings is 1. The van der Waals surface area contributed by atoms with Crippen molar-refractivity contribution in [3.63, 3.8) is 0 Å². The van der Waals surface area contributed by atoms with Gasteiger partial charge in [0.15, 0.2) is 5.76 Å². The number of hydrogen-bond acceptors (Lipinski definition) is 5. The van der Waals surface area contributed by atoms with E-state index in [9.17, 15) is 14.0 Å². The Balaban J connectivity index is 1.54. The fourth-order valence-corrected chi connectivity index (χ4v) is 3.18. The summed E-state index contributed by atoms with van der Waals surface area (Å²) in [5.41, 5.74) is 1.91. The quantitative estimate of drug-likeness (QED) is 0.702. The van der Waals surface area contributed by atoms with E-state index < -0.39 is 11.6 Å². The number of aromatic amines is 1. The van der Waals surface area contributed by atoms with Crippen molar-refractivity contribution in [3.05, 3.63) is 69.4 Å². The number of allylic oxidation sites excluding steroid dienone is 1. The van der Waals surface area contributed by atoms with E-state index in [2.05, 4.69) is 16.9 Å². The van der Waals surface area contributed by atoms with E-state index in [0.29, 0.717) is 43.3 Å². The number of rotatable bonds is 6. The number of H-pyrrole nitrogens is 1. The summed E-state index contributed by atoms with van der Waals surface area (Å²) in [6.45, 7) is 7.78. The van der Waals surface area contributed by atoms with E-state index in [1.54, 1.807) is 30.0 Å². The number of amides is 1. The highest BCUT2D eigenvalue weighted by atomic mass is 35.5. The lowest BCUT2D eigenvalue weighted by Crippen LogP contribution is -2.50. The number of carbonyl (C=O) groups excluding carboxylic acids is 1. The van der Waals surface area contributed by atoms with E-state index in [1.807, 2.05) is 4.90 Å². The molecule has 0 radical (unpaired) electrons. The molecule has 2 heterocycles. The second kappa shape index (κ2) is 9.00. The van der Waals surface area contributed by atoms with Crippen molar-refractivity contribution in [2.24, 2.45) is 0 Å². The number of nitrogens with one attached hydrogen (secondary N) is 2. The smallest absolute Gasteiger partial charge is 0.408 e. The highest BCUT2D eigenvalue weighted by molar-refractivity contribution is 6.30. The van der Waals surface area contributed by atoms with Gasteiger partial charge in [-0.05, 0) is 31.2 Å². The molecule has 0 atom stereocenters. The van der Waals surface area contributed by atoms with Crippen LogP contribution in [0.15, 0.2) is 45.8 Å². The zero-order valence-corrected chi connectivity index (χ0v) is 16.8. The minimum Gasteiger partial charge on any atom is -0.408 e. The van der Waals surface area contributed by atoms with Crippen molar-refractivity contribution >= 4 is 29.3 Å². The topological polar surface area (TPSA) is 81.6 Å². The van der Waals surface area contributed by atoms with E-state index in [-0.39, 0.29) is 17.5 Å². The Hall–Kier alpha value is -3.00. The lowest BCUT2D eigenvalue weighted by atomic mass is 10.2. The summed E-state index contributed by atoms with van der Waals surface area (Å²) in [5.74, 6) is -0.670. The lowest BCUT2D eigenvalue weighted by Gasteiger charge is -2.36. The van der Waals surface area contributed by atoms with Gasteiger partial charge in [0.05, 0.1) is 17.3 Å². The molecule has 3 rings (SSSR count). The minimum absolute atomic E-state index is 0.0630. The molecule has 0 saturated carbocycles. The van der Waals surface area contributed by atoms with Crippen LogP contribution < -0.4 is 16.0 Å². The molecular weight excluding hydrogens is 399 g/mol. The molecule has 0 aliphatic carbocycles. The van der Waals surface area contributed by atoms with Crippen LogP contribution in [-0.2, 0) is 4.79 Å². The molecule has 1 aromatic heterocycles. The van der Waals surface area contributed by atoms with E-state index in [0.717, 1.165) is 5.69 Å². The van der Waals surface area contributed by atoms with Crippen molar-refractivity contribution in [2.75, 3.05) is 37.6 Å². The first-order valence-corrected chi connectivity index (χ1v) is 9.50. The molecule has 1 aliphatic rings. The van der Waals surface area contributed by atoms with Crippen molar-refractivity contribution in [1.29, 1.82) is 0 Å². The third kappa shape index (κ3) is 5.08. The van der Waals surface area contributed by atoms with Gasteiger partial charge in [-0.3, -0.25) is 9.78 Å². The van der Waals surface area contributed by atoms with Crippen molar-refractivity contribution in [2.45, 2.75) is 6.92 Å². The number of aryl methyl sites for hydroxylation is 1. The molecule has 2 N–H and O–H groups in total. The summed E-state index contributed by atoms with van der Waals surface area (Å²) in [7, 11) is 0. The van der Waals surface area contributed by atoms with Gasteiger partial charge in [0, 0.05) is 43.6 Å². The number of carbonyl (C=O) groups is 1. The van der Waals surface area contributed by atoms with E-state index in [4.69, 9.17) is 16.0 Å². The van der Waals surface area contributed by atoms with Crippen LogP contribution in [0.1, 0.15) is 11.5 Å². The molecule has 29 heavy (non-hydrogen) atoms. The van der Waals surface area contributed by atoms with Crippen molar-refractivity contribution < 1.29 is 13.6 Å². The fraction of sp³-hybridized carbons (Fsp3) is 0.300. The molecule has 9 heteroatoms. The second-order valence-electron chi connectivity index (χ2n) is 6.63. The van der Waals surface area contributed by atoms with Crippen molar-refractivity contribution in [1.82, 2.24) is 15.2 Å². The summed E-state index contributed by atoms with van der Waals surface area (Å²) < 4.78 is 18.7. The Kier molecular flexibility index (Phi) is 6.43. The molecule has 1 saturated heterocycles. The first kappa shape index (κ1) is 20.7. The van der Waals surface area contributed by atoms with Gasteiger partial charge in [-0.2, -0.15) is 0 Å². The Morgan fingerprint density at radius 1 is 1.38 bits per heavy atom. The average Bonchev–Trinajstić information content (AvgIpc) is 3.03. The Bertz CT molecular complexity index is 990. The maximum Gasteiger partial charge on any atom is 0.417 e. The predicted octanol–water partition coefficient (Wildman–Crippen LogP) is 2.53. The molecule has 0 unspecified atom stereocenters. The van der Waals surface area contributed by atoms with Crippen molar-refractivity contribution in [3.8, 4) is 0 Å². The Morgan fingerprint density at radius 3 is 2.69 bits per heavy atom. The maximum absolute atomic E-state index is 13.7. The molecule has 154 valence electrons. The number of benzene rings is 1. The van der Waals surface area contributed by atoms with Crippen LogP contribution in [0.5, 0.6) is 0 Å². The molecule has 2 aromatic rings. The molecule has 0 spiro atoms. The fourth-order valence-electron chi connectivity index (χ4n) is 3.06. The molecule has 7 nitrogen and oxygen atoms in total. The van der Waals surface area contributed by atoms with Crippen LogP contribution >= 0.6 is 11.6 Å². The van der Waals surface area contributed by atoms with Crippen LogP contribution in [0.4, 0.5) is 10.1 Å². The number of nitrogens with zero attached hydrogens (tertiary/aromatic N) is 2. The normalized spacial score (nSPS) is 14.8. The summed E-state index contributed by atoms with van der Waals surface area (Å²) in [5, 5.41) is 3.10. The highest BCUT2D eigenvalue weighted by Crippen LogP contribution is 2.23. The van der Waals surface area contributed by atoms with Gasteiger partial charge in [-0.25, -0.2) is 9.18 Å². The van der Waals surface area contributed by atoms with Crippen LogP contribution in [0, 0.1) is 12.7 Å². The third-order valence-corrected chi connectivity index (χ3v) is 5.02. The number of aromatic nitrogens is 1. The number of piperazine rings is 1.